The molecule has 0 heterocycles. The molecule has 2 atom stereocenters. The van der Waals surface area contributed by atoms with E-state index in [1.54, 1.807) is 14.2 Å². The molecule has 102 valence electrons. The van der Waals surface area contributed by atoms with Gasteiger partial charge in [-0.15, -0.1) is 0 Å². The van der Waals surface area contributed by atoms with E-state index in [1.165, 1.54) is 5.56 Å². The van der Waals surface area contributed by atoms with Crippen LogP contribution >= 0.6 is 15.9 Å². The first-order valence-electron chi connectivity index (χ1n) is 6.13. The van der Waals surface area contributed by atoms with E-state index >= 15 is 0 Å². The minimum Gasteiger partial charge on any atom is -0.496 e. The van der Waals surface area contributed by atoms with Crippen molar-refractivity contribution in [3.05, 3.63) is 28.2 Å². The van der Waals surface area contributed by atoms with Gasteiger partial charge in [0.2, 0.25) is 0 Å². The van der Waals surface area contributed by atoms with Gasteiger partial charge in [0.25, 0.3) is 0 Å². The molecule has 0 aliphatic rings. The van der Waals surface area contributed by atoms with Crippen LogP contribution in [0.15, 0.2) is 22.7 Å². The Morgan fingerprint density at radius 2 is 2.06 bits per heavy atom. The van der Waals surface area contributed by atoms with Gasteiger partial charge in [0, 0.05) is 19.8 Å². The van der Waals surface area contributed by atoms with Crippen molar-refractivity contribution in [1.82, 2.24) is 0 Å². The van der Waals surface area contributed by atoms with Gasteiger partial charge in [-0.2, -0.15) is 0 Å². The second-order valence-corrected chi connectivity index (χ2v) is 5.58. The van der Waals surface area contributed by atoms with Crippen LogP contribution in [0.3, 0.4) is 0 Å². The lowest BCUT2D eigenvalue weighted by Crippen LogP contribution is -2.26. The highest BCUT2D eigenvalue weighted by atomic mass is 79.9. The van der Waals surface area contributed by atoms with Crippen LogP contribution in [0.5, 0.6) is 5.75 Å². The maximum absolute atomic E-state index is 6.16. The molecule has 3 nitrogen and oxygen atoms in total. The maximum atomic E-state index is 6.16. The second-order valence-electron chi connectivity index (χ2n) is 4.73. The quantitative estimate of drug-likeness (QED) is 0.841. The SMILES string of the molecule is COCC(C)CC(N)Cc1ccc(OC)c(Br)c1. The molecular formula is C14H22BrNO2. The minimum absolute atomic E-state index is 0.162. The summed E-state index contributed by atoms with van der Waals surface area (Å²) in [5, 5.41) is 0. The summed E-state index contributed by atoms with van der Waals surface area (Å²) in [5.41, 5.74) is 7.38. The summed E-state index contributed by atoms with van der Waals surface area (Å²) < 4.78 is 11.3. The van der Waals surface area contributed by atoms with E-state index in [4.69, 9.17) is 15.2 Å². The normalized spacial score (nSPS) is 14.3. The highest BCUT2D eigenvalue weighted by Crippen LogP contribution is 2.26. The predicted molar refractivity (Wildman–Crippen MR) is 78.0 cm³/mol. The van der Waals surface area contributed by atoms with E-state index in [1.807, 2.05) is 6.07 Å². The summed E-state index contributed by atoms with van der Waals surface area (Å²) in [4.78, 5) is 0. The van der Waals surface area contributed by atoms with Gasteiger partial charge in [0.1, 0.15) is 5.75 Å². The van der Waals surface area contributed by atoms with Crippen LogP contribution in [0.4, 0.5) is 0 Å². The fourth-order valence-corrected chi connectivity index (χ4v) is 2.68. The van der Waals surface area contributed by atoms with Crippen LogP contribution < -0.4 is 10.5 Å². The fourth-order valence-electron chi connectivity index (χ4n) is 2.09. The summed E-state index contributed by atoms with van der Waals surface area (Å²) >= 11 is 3.49. The smallest absolute Gasteiger partial charge is 0.133 e. The average Bonchev–Trinajstić information content (AvgIpc) is 2.29. The van der Waals surface area contributed by atoms with Crippen molar-refractivity contribution >= 4 is 15.9 Å². The predicted octanol–water partition coefficient (Wildman–Crippen LogP) is 3.00. The van der Waals surface area contributed by atoms with Gasteiger partial charge in [-0.25, -0.2) is 0 Å². The van der Waals surface area contributed by atoms with Gasteiger partial charge in [-0.3, -0.25) is 0 Å². The zero-order chi connectivity index (χ0) is 13.5. The highest BCUT2D eigenvalue weighted by Gasteiger charge is 2.11. The zero-order valence-corrected chi connectivity index (χ0v) is 12.9. The molecule has 18 heavy (non-hydrogen) atoms. The molecule has 0 fully saturated rings. The van der Waals surface area contributed by atoms with Crippen molar-refractivity contribution in [3.63, 3.8) is 0 Å². The second kappa shape index (κ2) is 7.77. The van der Waals surface area contributed by atoms with Crippen molar-refractivity contribution in [2.45, 2.75) is 25.8 Å². The van der Waals surface area contributed by atoms with Crippen LogP contribution in [0.25, 0.3) is 0 Å². The maximum Gasteiger partial charge on any atom is 0.133 e. The average molecular weight is 316 g/mol. The molecule has 0 aliphatic heterocycles. The van der Waals surface area contributed by atoms with E-state index in [2.05, 4.69) is 35.0 Å². The van der Waals surface area contributed by atoms with Gasteiger partial charge < -0.3 is 15.2 Å². The third-order valence-corrected chi connectivity index (χ3v) is 3.49. The number of benzene rings is 1. The van der Waals surface area contributed by atoms with Crippen LogP contribution in [-0.2, 0) is 11.2 Å². The standard InChI is InChI=1S/C14H22BrNO2/c1-10(9-17-2)6-12(16)7-11-4-5-14(18-3)13(15)8-11/h4-5,8,10,12H,6-7,9,16H2,1-3H3. The third kappa shape index (κ3) is 4.96. The number of methoxy groups -OCH3 is 2. The van der Waals surface area contributed by atoms with Crippen molar-refractivity contribution in [3.8, 4) is 5.75 Å². The Morgan fingerprint density at radius 3 is 2.61 bits per heavy atom. The third-order valence-electron chi connectivity index (χ3n) is 2.87. The molecule has 1 rings (SSSR count). The lowest BCUT2D eigenvalue weighted by molar-refractivity contribution is 0.152. The number of rotatable bonds is 7. The number of halogens is 1. The van der Waals surface area contributed by atoms with Crippen molar-refractivity contribution in [2.75, 3.05) is 20.8 Å². The lowest BCUT2D eigenvalue weighted by Gasteiger charge is -2.17. The van der Waals surface area contributed by atoms with E-state index in [0.717, 1.165) is 29.7 Å². The fraction of sp³-hybridized carbons (Fsp3) is 0.571. The molecule has 0 amide bonds. The molecule has 2 unspecified atom stereocenters. The molecule has 1 aromatic rings. The lowest BCUT2D eigenvalue weighted by atomic mass is 9.97. The first-order valence-corrected chi connectivity index (χ1v) is 6.93. The summed E-state index contributed by atoms with van der Waals surface area (Å²) in [5.74, 6) is 1.34. The van der Waals surface area contributed by atoms with E-state index in [9.17, 15) is 0 Å². The molecule has 1 aromatic carbocycles. The van der Waals surface area contributed by atoms with Crippen molar-refractivity contribution < 1.29 is 9.47 Å². The molecule has 0 radical (unpaired) electrons. The number of nitrogens with two attached hydrogens (primary N) is 1. The Labute approximate surface area is 118 Å². The molecule has 0 aromatic heterocycles. The first kappa shape index (κ1) is 15.5. The molecule has 4 heteroatoms. The van der Waals surface area contributed by atoms with Gasteiger partial charge in [0.05, 0.1) is 11.6 Å². The number of hydrogen-bond acceptors (Lipinski definition) is 3. The number of ether oxygens (including phenoxy) is 2. The van der Waals surface area contributed by atoms with Crippen LogP contribution in [-0.4, -0.2) is 26.9 Å². The number of hydrogen-bond donors (Lipinski definition) is 1. The van der Waals surface area contributed by atoms with Crippen LogP contribution in [0.2, 0.25) is 0 Å². The van der Waals surface area contributed by atoms with E-state index in [0.29, 0.717) is 5.92 Å². The molecule has 0 aliphatic carbocycles. The summed E-state index contributed by atoms with van der Waals surface area (Å²) in [6.07, 6.45) is 1.84. The van der Waals surface area contributed by atoms with Gasteiger partial charge >= 0.3 is 0 Å². The Bertz CT molecular complexity index is 371. The first-order chi connectivity index (χ1) is 8.56. The van der Waals surface area contributed by atoms with Crippen LogP contribution in [0.1, 0.15) is 18.9 Å². The zero-order valence-electron chi connectivity index (χ0n) is 11.3. The monoisotopic (exact) mass is 315 g/mol. The van der Waals surface area contributed by atoms with E-state index < -0.39 is 0 Å². The molecule has 0 saturated carbocycles. The largest absolute Gasteiger partial charge is 0.496 e. The van der Waals surface area contributed by atoms with Gasteiger partial charge in [0.15, 0.2) is 0 Å². The molecule has 2 N–H and O–H groups in total. The Kier molecular flexibility index (Phi) is 6.68. The molecule has 0 spiro atoms. The topological polar surface area (TPSA) is 44.5 Å². The Balaban J connectivity index is 2.54. The van der Waals surface area contributed by atoms with Gasteiger partial charge in [-0.05, 0) is 52.4 Å². The Morgan fingerprint density at radius 1 is 1.33 bits per heavy atom. The van der Waals surface area contributed by atoms with Crippen LogP contribution in [0, 0.1) is 5.92 Å². The van der Waals surface area contributed by atoms with Gasteiger partial charge in [-0.1, -0.05) is 13.0 Å². The molecular weight excluding hydrogens is 294 g/mol. The van der Waals surface area contributed by atoms with E-state index in [-0.39, 0.29) is 6.04 Å². The van der Waals surface area contributed by atoms with Crippen molar-refractivity contribution in [2.24, 2.45) is 11.7 Å². The van der Waals surface area contributed by atoms with Crippen molar-refractivity contribution in [1.29, 1.82) is 0 Å². The summed E-state index contributed by atoms with van der Waals surface area (Å²) in [6.45, 7) is 2.92. The highest BCUT2D eigenvalue weighted by molar-refractivity contribution is 9.10. The molecule has 0 saturated heterocycles. The summed E-state index contributed by atoms with van der Waals surface area (Å²) in [6, 6.07) is 6.25. The molecule has 0 bridgehead atoms. The minimum atomic E-state index is 0.162. The summed E-state index contributed by atoms with van der Waals surface area (Å²) in [7, 11) is 3.39. The Hall–Kier alpha value is -0.580.